The molecular formula is C11H26N2. The monoisotopic (exact) mass is 186 g/mol. The first-order valence-corrected chi connectivity index (χ1v) is 5.27. The van der Waals surface area contributed by atoms with Crippen LogP contribution in [-0.2, 0) is 0 Å². The molecule has 0 aromatic heterocycles. The van der Waals surface area contributed by atoms with E-state index in [0.29, 0.717) is 11.5 Å². The zero-order valence-electron chi connectivity index (χ0n) is 9.93. The van der Waals surface area contributed by atoms with E-state index in [0.717, 1.165) is 19.5 Å². The van der Waals surface area contributed by atoms with Gasteiger partial charge in [0.05, 0.1) is 0 Å². The molecule has 0 aromatic carbocycles. The summed E-state index contributed by atoms with van der Waals surface area (Å²) >= 11 is 0. The van der Waals surface area contributed by atoms with E-state index in [2.05, 4.69) is 39.6 Å². The molecular weight excluding hydrogens is 160 g/mol. The molecule has 0 aliphatic heterocycles. The second-order valence-electron chi connectivity index (χ2n) is 5.26. The largest absolute Gasteiger partial charge is 0.330 e. The Morgan fingerprint density at radius 3 is 2.23 bits per heavy atom. The molecule has 2 nitrogen and oxygen atoms in total. The fraction of sp³-hybridized carbons (Fsp3) is 1.00. The minimum Gasteiger partial charge on any atom is -0.330 e. The summed E-state index contributed by atoms with van der Waals surface area (Å²) in [4.78, 5) is 2.43. The third-order valence-electron chi connectivity index (χ3n) is 2.30. The summed E-state index contributed by atoms with van der Waals surface area (Å²) in [5.41, 5.74) is 5.88. The van der Waals surface area contributed by atoms with Crippen LogP contribution in [0.5, 0.6) is 0 Å². The fourth-order valence-corrected chi connectivity index (χ4v) is 1.54. The summed E-state index contributed by atoms with van der Waals surface area (Å²) in [6.45, 7) is 11.1. The smallest absolute Gasteiger partial charge is 0.00645 e. The van der Waals surface area contributed by atoms with Gasteiger partial charge in [0.2, 0.25) is 0 Å². The molecule has 80 valence electrons. The van der Waals surface area contributed by atoms with Crippen LogP contribution in [0.3, 0.4) is 0 Å². The Labute approximate surface area is 83.5 Å². The zero-order valence-corrected chi connectivity index (χ0v) is 9.93. The number of nitrogens with zero attached hydrogens (tertiary/aromatic N) is 1. The van der Waals surface area contributed by atoms with Crippen LogP contribution in [0.25, 0.3) is 0 Å². The highest BCUT2D eigenvalue weighted by atomic mass is 15.1. The molecule has 0 aliphatic carbocycles. The molecule has 0 spiro atoms. The molecule has 0 saturated carbocycles. The van der Waals surface area contributed by atoms with E-state index in [1.165, 1.54) is 6.42 Å². The quantitative estimate of drug-likeness (QED) is 0.712. The van der Waals surface area contributed by atoms with Crippen molar-refractivity contribution in [2.75, 3.05) is 20.1 Å². The molecule has 0 fully saturated rings. The highest BCUT2D eigenvalue weighted by Gasteiger charge is 2.16. The van der Waals surface area contributed by atoms with E-state index >= 15 is 0 Å². The molecule has 0 bridgehead atoms. The van der Waals surface area contributed by atoms with Crippen molar-refractivity contribution in [2.24, 2.45) is 11.1 Å². The average Bonchev–Trinajstić information content (AvgIpc) is 1.96. The Hall–Kier alpha value is -0.0800. The lowest BCUT2D eigenvalue weighted by atomic mass is 9.95. The Bertz CT molecular complexity index is 127. The molecule has 2 N–H and O–H groups in total. The maximum atomic E-state index is 5.49. The summed E-state index contributed by atoms with van der Waals surface area (Å²) in [6.07, 6.45) is 2.35. The van der Waals surface area contributed by atoms with Gasteiger partial charge >= 0.3 is 0 Å². The maximum Gasteiger partial charge on any atom is 0.00645 e. The van der Waals surface area contributed by atoms with E-state index in [-0.39, 0.29) is 0 Å². The summed E-state index contributed by atoms with van der Waals surface area (Å²) < 4.78 is 0. The first-order valence-electron chi connectivity index (χ1n) is 5.27. The van der Waals surface area contributed by atoms with Crippen LogP contribution < -0.4 is 5.73 Å². The van der Waals surface area contributed by atoms with Crippen LogP contribution in [0.4, 0.5) is 0 Å². The van der Waals surface area contributed by atoms with Gasteiger partial charge in [0, 0.05) is 12.6 Å². The van der Waals surface area contributed by atoms with Crippen molar-refractivity contribution in [3.05, 3.63) is 0 Å². The summed E-state index contributed by atoms with van der Waals surface area (Å²) in [7, 11) is 2.20. The van der Waals surface area contributed by atoms with E-state index in [1.807, 2.05) is 0 Å². The van der Waals surface area contributed by atoms with Gasteiger partial charge in [0.25, 0.3) is 0 Å². The van der Waals surface area contributed by atoms with Gasteiger partial charge in [-0.25, -0.2) is 0 Å². The molecule has 0 aromatic rings. The third kappa shape index (κ3) is 7.03. The normalized spacial score (nSPS) is 15.0. The van der Waals surface area contributed by atoms with E-state index in [9.17, 15) is 0 Å². The highest BCUT2D eigenvalue weighted by molar-refractivity contribution is 4.71. The second kappa shape index (κ2) is 5.61. The Morgan fingerprint density at radius 1 is 1.31 bits per heavy atom. The van der Waals surface area contributed by atoms with Crippen LogP contribution in [0.15, 0.2) is 0 Å². The molecule has 0 rings (SSSR count). The Kier molecular flexibility index (Phi) is 5.57. The summed E-state index contributed by atoms with van der Waals surface area (Å²) in [5, 5.41) is 0. The van der Waals surface area contributed by atoms with Crippen LogP contribution in [0.2, 0.25) is 0 Å². The zero-order chi connectivity index (χ0) is 10.5. The predicted octanol–water partition coefficient (Wildman–Crippen LogP) is 2.09. The van der Waals surface area contributed by atoms with Crippen molar-refractivity contribution in [3.8, 4) is 0 Å². The number of nitrogens with two attached hydrogens (primary N) is 1. The van der Waals surface area contributed by atoms with Gasteiger partial charge in [-0.15, -0.1) is 0 Å². The third-order valence-corrected chi connectivity index (χ3v) is 2.30. The van der Waals surface area contributed by atoms with Crippen LogP contribution in [-0.4, -0.2) is 31.1 Å². The van der Waals surface area contributed by atoms with Crippen molar-refractivity contribution in [3.63, 3.8) is 0 Å². The van der Waals surface area contributed by atoms with Crippen LogP contribution in [0, 0.1) is 5.41 Å². The molecule has 13 heavy (non-hydrogen) atoms. The number of hydrogen-bond acceptors (Lipinski definition) is 2. The Morgan fingerprint density at radius 2 is 1.85 bits per heavy atom. The van der Waals surface area contributed by atoms with E-state index in [1.54, 1.807) is 0 Å². The van der Waals surface area contributed by atoms with Gasteiger partial charge in [-0.05, 0) is 38.8 Å². The maximum absolute atomic E-state index is 5.49. The molecule has 2 heteroatoms. The van der Waals surface area contributed by atoms with Gasteiger partial charge in [-0.1, -0.05) is 20.8 Å². The lowest BCUT2D eigenvalue weighted by Gasteiger charge is -2.31. The topological polar surface area (TPSA) is 29.3 Å². The standard InChI is InChI=1S/C11H26N2/c1-10(7-6-8-12)13(5)9-11(2,3)4/h10H,6-9,12H2,1-5H3. The second-order valence-corrected chi connectivity index (χ2v) is 5.26. The van der Waals surface area contributed by atoms with Crippen LogP contribution in [0.1, 0.15) is 40.5 Å². The van der Waals surface area contributed by atoms with Gasteiger partial charge < -0.3 is 10.6 Å². The molecule has 0 saturated heterocycles. The van der Waals surface area contributed by atoms with Crippen molar-refractivity contribution in [2.45, 2.75) is 46.6 Å². The first kappa shape index (κ1) is 12.9. The summed E-state index contributed by atoms with van der Waals surface area (Å²) in [5.74, 6) is 0. The highest BCUT2D eigenvalue weighted by Crippen LogP contribution is 2.16. The lowest BCUT2D eigenvalue weighted by molar-refractivity contribution is 0.173. The molecule has 0 heterocycles. The van der Waals surface area contributed by atoms with Gasteiger partial charge in [0.1, 0.15) is 0 Å². The molecule has 1 unspecified atom stereocenters. The molecule has 0 aliphatic rings. The predicted molar refractivity (Wildman–Crippen MR) is 59.8 cm³/mol. The van der Waals surface area contributed by atoms with E-state index in [4.69, 9.17) is 5.73 Å². The van der Waals surface area contributed by atoms with E-state index < -0.39 is 0 Å². The van der Waals surface area contributed by atoms with Gasteiger partial charge in [-0.2, -0.15) is 0 Å². The SMILES string of the molecule is CC(CCCN)N(C)CC(C)(C)C. The lowest BCUT2D eigenvalue weighted by Crippen LogP contribution is -2.36. The average molecular weight is 186 g/mol. The molecule has 1 atom stereocenters. The van der Waals surface area contributed by atoms with Gasteiger partial charge in [0.15, 0.2) is 0 Å². The Balaban J connectivity index is 3.75. The minimum atomic E-state index is 0.395. The summed E-state index contributed by atoms with van der Waals surface area (Å²) in [6, 6.07) is 0.655. The van der Waals surface area contributed by atoms with Gasteiger partial charge in [-0.3, -0.25) is 0 Å². The first-order chi connectivity index (χ1) is 5.87. The van der Waals surface area contributed by atoms with Crippen LogP contribution >= 0.6 is 0 Å². The molecule has 0 radical (unpaired) electrons. The number of hydrogen-bond donors (Lipinski definition) is 1. The minimum absolute atomic E-state index is 0.395. The van der Waals surface area contributed by atoms with Crippen molar-refractivity contribution >= 4 is 0 Å². The number of rotatable bonds is 5. The van der Waals surface area contributed by atoms with Crippen molar-refractivity contribution in [1.29, 1.82) is 0 Å². The van der Waals surface area contributed by atoms with Crippen molar-refractivity contribution in [1.82, 2.24) is 4.90 Å². The fourth-order valence-electron chi connectivity index (χ4n) is 1.54. The van der Waals surface area contributed by atoms with Crippen molar-refractivity contribution < 1.29 is 0 Å². The molecule has 0 amide bonds.